The molecule has 1 fully saturated rings. The van der Waals surface area contributed by atoms with Gasteiger partial charge in [-0.25, -0.2) is 4.39 Å². The highest BCUT2D eigenvalue weighted by atomic mass is 32.2. The highest BCUT2D eigenvalue weighted by Crippen LogP contribution is 2.44. The first-order chi connectivity index (χ1) is 20.4. The number of fused-ring (bicyclic) bond motifs is 1. The minimum Gasteiger partial charge on any atom is -0.507 e. The number of carbonyl (C=O) groups excluding carboxylic acids is 2. The third-order valence-corrected chi connectivity index (χ3v) is 9.53. The number of rotatable bonds is 7. The lowest BCUT2D eigenvalue weighted by Gasteiger charge is -2.22. The summed E-state index contributed by atoms with van der Waals surface area (Å²) in [6, 6.07) is 25.1. The van der Waals surface area contributed by atoms with E-state index >= 15 is 0 Å². The lowest BCUT2D eigenvalue weighted by Crippen LogP contribution is -2.29. The van der Waals surface area contributed by atoms with Gasteiger partial charge in [0.2, 0.25) is 5.13 Å². The maximum Gasteiger partial charge on any atom is 0.301 e. The Morgan fingerprint density at radius 3 is 2.52 bits per heavy atom. The summed E-state index contributed by atoms with van der Waals surface area (Å²) in [5, 5.41) is 22.5. The fraction of sp³-hybridized carbons (Fsp3) is 0.152. The van der Waals surface area contributed by atoms with Crippen molar-refractivity contribution in [3.8, 4) is 0 Å². The Morgan fingerprint density at radius 1 is 1.00 bits per heavy atom. The normalized spacial score (nSPS) is 16.5. The Balaban J connectivity index is 1.38. The first-order valence-corrected chi connectivity index (χ1v) is 15.2. The Bertz CT molecular complexity index is 1860. The standard InChI is InChI=1S/C33H26FN3O3S2/c1-3-20-12-15-22(16-13-20)28-27(29(38)23-14-11-19(2)26(34)17-23)30(39)31(40)37(28)32-35-36-33(42-32)41-18-24-9-6-8-21-7-4-5-10-25(21)24/h4-17,28,38H,3,18H2,1-2H3. The molecule has 1 amide bonds. The summed E-state index contributed by atoms with van der Waals surface area (Å²) in [6.07, 6.45) is 0.816. The Kier molecular flexibility index (Phi) is 7.62. The molecule has 0 aliphatic carbocycles. The van der Waals surface area contributed by atoms with E-state index in [4.69, 9.17) is 0 Å². The van der Waals surface area contributed by atoms with Gasteiger partial charge in [0.15, 0.2) is 4.34 Å². The van der Waals surface area contributed by atoms with Crippen molar-refractivity contribution in [2.45, 2.75) is 36.4 Å². The number of halogens is 1. The zero-order valence-electron chi connectivity index (χ0n) is 22.9. The maximum atomic E-state index is 14.4. The molecule has 1 unspecified atom stereocenters. The Hall–Kier alpha value is -4.34. The molecule has 6 rings (SSSR count). The molecule has 1 aliphatic heterocycles. The van der Waals surface area contributed by atoms with E-state index in [1.54, 1.807) is 6.92 Å². The first-order valence-electron chi connectivity index (χ1n) is 13.4. The number of aryl methyl sites for hydroxylation is 2. The molecule has 0 bridgehead atoms. The van der Waals surface area contributed by atoms with Crippen LogP contribution in [-0.4, -0.2) is 27.0 Å². The van der Waals surface area contributed by atoms with Crippen LogP contribution in [-0.2, 0) is 21.8 Å². The average Bonchev–Trinajstić information content (AvgIpc) is 3.58. The van der Waals surface area contributed by atoms with Gasteiger partial charge < -0.3 is 5.11 Å². The highest BCUT2D eigenvalue weighted by Gasteiger charge is 2.48. The summed E-state index contributed by atoms with van der Waals surface area (Å²) in [6.45, 7) is 3.64. The lowest BCUT2D eigenvalue weighted by molar-refractivity contribution is -0.132. The predicted octanol–water partition coefficient (Wildman–Crippen LogP) is 7.62. The van der Waals surface area contributed by atoms with Crippen LogP contribution in [0.4, 0.5) is 9.52 Å². The fourth-order valence-electron chi connectivity index (χ4n) is 5.09. The molecule has 0 spiro atoms. The molecular formula is C33H26FN3O3S2. The molecule has 4 aromatic carbocycles. The Labute approximate surface area is 250 Å². The van der Waals surface area contributed by atoms with Crippen LogP contribution in [0.2, 0.25) is 0 Å². The van der Waals surface area contributed by atoms with Gasteiger partial charge in [0.05, 0.1) is 11.6 Å². The molecule has 42 heavy (non-hydrogen) atoms. The van der Waals surface area contributed by atoms with Crippen molar-refractivity contribution in [2.24, 2.45) is 0 Å². The highest BCUT2D eigenvalue weighted by molar-refractivity contribution is 8.00. The van der Waals surface area contributed by atoms with Gasteiger partial charge in [-0.3, -0.25) is 14.5 Å². The van der Waals surface area contributed by atoms with Crippen molar-refractivity contribution in [1.29, 1.82) is 0 Å². The number of ketones is 1. The minimum absolute atomic E-state index is 0.118. The SMILES string of the molecule is CCc1ccc(C2C(=C(O)c3ccc(C)c(F)c3)C(=O)C(=O)N2c2nnc(SCc3cccc4ccccc34)s2)cc1. The van der Waals surface area contributed by atoms with Gasteiger partial charge in [-0.2, -0.15) is 0 Å². The molecule has 6 nitrogen and oxygen atoms in total. The van der Waals surface area contributed by atoms with Gasteiger partial charge in [0, 0.05) is 11.3 Å². The molecule has 1 atom stereocenters. The average molecular weight is 596 g/mol. The van der Waals surface area contributed by atoms with Crippen LogP contribution in [0.5, 0.6) is 0 Å². The summed E-state index contributed by atoms with van der Waals surface area (Å²) in [5.41, 5.74) is 3.26. The van der Waals surface area contributed by atoms with Crippen molar-refractivity contribution in [3.05, 3.63) is 124 Å². The first kappa shape index (κ1) is 27.8. The number of nitrogens with zero attached hydrogens (tertiary/aromatic N) is 3. The van der Waals surface area contributed by atoms with E-state index in [0.29, 0.717) is 21.2 Å². The number of Topliss-reactive ketones (excluding diaryl/α,β-unsaturated/α-hetero) is 1. The predicted molar refractivity (Wildman–Crippen MR) is 165 cm³/mol. The van der Waals surface area contributed by atoms with Crippen LogP contribution in [0.1, 0.15) is 40.8 Å². The second-order valence-corrected chi connectivity index (χ2v) is 12.2. The molecule has 2 heterocycles. The molecule has 5 aromatic rings. The van der Waals surface area contributed by atoms with E-state index in [-0.39, 0.29) is 16.3 Å². The minimum atomic E-state index is -0.955. The third-order valence-electron chi connectivity index (χ3n) is 7.43. The van der Waals surface area contributed by atoms with Gasteiger partial charge in [0.25, 0.3) is 5.78 Å². The largest absolute Gasteiger partial charge is 0.507 e. The second kappa shape index (κ2) is 11.5. The number of amides is 1. The number of thioether (sulfide) groups is 1. The van der Waals surface area contributed by atoms with E-state index < -0.39 is 29.3 Å². The number of aliphatic hydroxyl groups is 1. The smallest absolute Gasteiger partial charge is 0.301 e. The lowest BCUT2D eigenvalue weighted by atomic mass is 9.94. The molecule has 0 saturated carbocycles. The van der Waals surface area contributed by atoms with Crippen molar-refractivity contribution in [1.82, 2.24) is 10.2 Å². The van der Waals surface area contributed by atoms with Crippen LogP contribution in [0, 0.1) is 12.7 Å². The van der Waals surface area contributed by atoms with Gasteiger partial charge in [-0.15, -0.1) is 10.2 Å². The summed E-state index contributed by atoms with van der Waals surface area (Å²) in [7, 11) is 0. The number of aliphatic hydroxyl groups excluding tert-OH is 1. The zero-order chi connectivity index (χ0) is 29.4. The van der Waals surface area contributed by atoms with Crippen LogP contribution in [0.3, 0.4) is 0 Å². The number of aromatic nitrogens is 2. The van der Waals surface area contributed by atoms with Gasteiger partial charge >= 0.3 is 5.91 Å². The van der Waals surface area contributed by atoms with Crippen LogP contribution in [0.25, 0.3) is 16.5 Å². The fourth-order valence-corrected chi connectivity index (χ4v) is 6.96. The molecule has 9 heteroatoms. The number of hydrogen-bond acceptors (Lipinski definition) is 7. The number of hydrogen-bond donors (Lipinski definition) is 1. The topological polar surface area (TPSA) is 83.4 Å². The van der Waals surface area contributed by atoms with Gasteiger partial charge in [0.1, 0.15) is 11.6 Å². The number of carbonyl (C=O) groups is 2. The van der Waals surface area contributed by atoms with E-state index in [1.807, 2.05) is 49.4 Å². The summed E-state index contributed by atoms with van der Waals surface area (Å²) in [4.78, 5) is 28.2. The number of benzene rings is 4. The van der Waals surface area contributed by atoms with Crippen molar-refractivity contribution in [2.75, 3.05) is 4.90 Å². The van der Waals surface area contributed by atoms with Gasteiger partial charge in [-0.1, -0.05) is 109 Å². The molecule has 1 saturated heterocycles. The molecular weight excluding hydrogens is 570 g/mol. The molecule has 210 valence electrons. The molecule has 1 N–H and O–H groups in total. The summed E-state index contributed by atoms with van der Waals surface area (Å²) in [5.74, 6) is -1.99. The zero-order valence-corrected chi connectivity index (χ0v) is 24.5. The van der Waals surface area contributed by atoms with Crippen molar-refractivity contribution < 1.29 is 19.1 Å². The van der Waals surface area contributed by atoms with E-state index in [0.717, 1.165) is 28.3 Å². The van der Waals surface area contributed by atoms with Crippen LogP contribution < -0.4 is 4.90 Å². The van der Waals surface area contributed by atoms with Crippen molar-refractivity contribution in [3.63, 3.8) is 0 Å². The van der Waals surface area contributed by atoms with E-state index in [9.17, 15) is 19.1 Å². The van der Waals surface area contributed by atoms with Gasteiger partial charge in [-0.05, 0) is 52.4 Å². The summed E-state index contributed by atoms with van der Waals surface area (Å²) >= 11 is 2.71. The summed E-state index contributed by atoms with van der Waals surface area (Å²) < 4.78 is 15.1. The quantitative estimate of drug-likeness (QED) is 0.0685. The monoisotopic (exact) mass is 595 g/mol. The second-order valence-electron chi connectivity index (χ2n) is 10.0. The maximum absolute atomic E-state index is 14.4. The molecule has 1 aliphatic rings. The van der Waals surface area contributed by atoms with Crippen LogP contribution in [0.15, 0.2) is 94.8 Å². The van der Waals surface area contributed by atoms with E-state index in [1.165, 1.54) is 46.2 Å². The Morgan fingerprint density at radius 2 is 1.76 bits per heavy atom. The van der Waals surface area contributed by atoms with Crippen molar-refractivity contribution >= 4 is 56.5 Å². The van der Waals surface area contributed by atoms with Crippen LogP contribution >= 0.6 is 23.1 Å². The third kappa shape index (κ3) is 5.10. The molecule has 1 aromatic heterocycles. The number of anilines is 1. The molecule has 0 radical (unpaired) electrons. The van der Waals surface area contributed by atoms with E-state index in [2.05, 4.69) is 34.5 Å².